The SMILES string of the molecule is CCCCCCCCCC(=O)C1C2CCCC21. The molecule has 2 rings (SSSR count). The number of fused-ring (bicyclic) bond motifs is 1. The Balaban J connectivity index is 1.44. The van der Waals surface area contributed by atoms with Crippen LogP contribution in [0.4, 0.5) is 0 Å². The Morgan fingerprint density at radius 2 is 1.53 bits per heavy atom. The number of hydrogen-bond donors (Lipinski definition) is 0. The topological polar surface area (TPSA) is 17.1 Å². The molecule has 2 unspecified atom stereocenters. The van der Waals surface area contributed by atoms with Gasteiger partial charge in [0.25, 0.3) is 0 Å². The van der Waals surface area contributed by atoms with Gasteiger partial charge in [0.05, 0.1) is 0 Å². The maximum atomic E-state index is 12.0. The molecule has 2 fully saturated rings. The number of Topliss-reactive ketones (excluding diaryl/α,β-unsaturated/α-hetero) is 1. The summed E-state index contributed by atoms with van der Waals surface area (Å²) in [5, 5.41) is 0. The second-order valence-corrected chi connectivity index (χ2v) is 6.12. The first-order valence-corrected chi connectivity index (χ1v) is 7.87. The lowest BCUT2D eigenvalue weighted by Gasteiger charge is -2.03. The van der Waals surface area contributed by atoms with Crippen molar-refractivity contribution in [1.82, 2.24) is 0 Å². The molecular weight excluding hydrogens is 208 g/mol. The predicted octanol–water partition coefficient (Wildman–Crippen LogP) is 4.74. The van der Waals surface area contributed by atoms with E-state index in [0.717, 1.165) is 24.7 Å². The summed E-state index contributed by atoms with van der Waals surface area (Å²) in [6.07, 6.45) is 14.2. The van der Waals surface area contributed by atoms with E-state index >= 15 is 0 Å². The number of unbranched alkanes of at least 4 members (excludes halogenated alkanes) is 6. The lowest BCUT2D eigenvalue weighted by molar-refractivity contribution is -0.121. The summed E-state index contributed by atoms with van der Waals surface area (Å²) in [4.78, 5) is 12.0. The van der Waals surface area contributed by atoms with Crippen LogP contribution in [0.1, 0.15) is 77.6 Å². The van der Waals surface area contributed by atoms with Crippen molar-refractivity contribution >= 4 is 5.78 Å². The van der Waals surface area contributed by atoms with Gasteiger partial charge < -0.3 is 0 Å². The standard InChI is InChI=1S/C16H28O/c1-2-3-4-5-6-7-8-12-15(17)16-13-10-9-11-14(13)16/h13-14,16H,2-12H2,1H3. The summed E-state index contributed by atoms with van der Waals surface area (Å²) in [5.74, 6) is 2.77. The fraction of sp³-hybridized carbons (Fsp3) is 0.938. The van der Waals surface area contributed by atoms with Crippen molar-refractivity contribution in [1.29, 1.82) is 0 Å². The molecule has 0 aromatic rings. The van der Waals surface area contributed by atoms with E-state index in [1.54, 1.807) is 0 Å². The normalized spacial score (nSPS) is 30.3. The fourth-order valence-corrected chi connectivity index (χ4v) is 3.72. The van der Waals surface area contributed by atoms with Gasteiger partial charge in [0.2, 0.25) is 0 Å². The average Bonchev–Trinajstić information content (AvgIpc) is 2.82. The van der Waals surface area contributed by atoms with E-state index < -0.39 is 0 Å². The van der Waals surface area contributed by atoms with E-state index in [0.29, 0.717) is 11.7 Å². The molecule has 0 spiro atoms. The maximum absolute atomic E-state index is 12.0. The molecule has 0 heterocycles. The van der Waals surface area contributed by atoms with Crippen molar-refractivity contribution < 1.29 is 4.79 Å². The number of ketones is 1. The molecule has 2 aliphatic rings. The number of carbonyl (C=O) groups excluding carboxylic acids is 1. The lowest BCUT2D eigenvalue weighted by atomic mass is 10.0. The molecule has 0 amide bonds. The van der Waals surface area contributed by atoms with Crippen molar-refractivity contribution in [3.63, 3.8) is 0 Å². The van der Waals surface area contributed by atoms with Gasteiger partial charge in [-0.25, -0.2) is 0 Å². The summed E-state index contributed by atoms with van der Waals surface area (Å²) < 4.78 is 0. The Morgan fingerprint density at radius 1 is 0.941 bits per heavy atom. The van der Waals surface area contributed by atoms with Crippen LogP contribution >= 0.6 is 0 Å². The molecule has 0 aliphatic heterocycles. The molecule has 1 heteroatoms. The van der Waals surface area contributed by atoms with E-state index in [4.69, 9.17) is 0 Å². The van der Waals surface area contributed by atoms with Crippen molar-refractivity contribution in [3.05, 3.63) is 0 Å². The first-order chi connectivity index (χ1) is 8.34. The molecule has 1 nitrogen and oxygen atoms in total. The predicted molar refractivity (Wildman–Crippen MR) is 71.9 cm³/mol. The van der Waals surface area contributed by atoms with Crippen molar-refractivity contribution in [2.75, 3.05) is 0 Å². The molecule has 0 aromatic carbocycles. The van der Waals surface area contributed by atoms with Crippen molar-refractivity contribution in [2.45, 2.75) is 77.6 Å². The van der Waals surface area contributed by atoms with E-state index in [2.05, 4.69) is 6.92 Å². The zero-order chi connectivity index (χ0) is 12.1. The van der Waals surface area contributed by atoms with Crippen LogP contribution in [0.3, 0.4) is 0 Å². The van der Waals surface area contributed by atoms with Crippen LogP contribution in [-0.4, -0.2) is 5.78 Å². The minimum Gasteiger partial charge on any atom is -0.299 e. The van der Waals surface area contributed by atoms with Crippen LogP contribution in [0.25, 0.3) is 0 Å². The van der Waals surface area contributed by atoms with E-state index in [1.807, 2.05) is 0 Å². The van der Waals surface area contributed by atoms with Gasteiger partial charge in [0.1, 0.15) is 5.78 Å². The van der Waals surface area contributed by atoms with E-state index in [-0.39, 0.29) is 0 Å². The Morgan fingerprint density at radius 3 is 2.18 bits per heavy atom. The van der Waals surface area contributed by atoms with Gasteiger partial charge in [0, 0.05) is 12.3 Å². The number of carbonyl (C=O) groups is 1. The van der Waals surface area contributed by atoms with Crippen molar-refractivity contribution in [2.24, 2.45) is 17.8 Å². The monoisotopic (exact) mass is 236 g/mol. The van der Waals surface area contributed by atoms with Gasteiger partial charge in [-0.05, 0) is 31.1 Å². The summed E-state index contributed by atoms with van der Waals surface area (Å²) in [7, 11) is 0. The molecule has 17 heavy (non-hydrogen) atoms. The van der Waals surface area contributed by atoms with Crippen LogP contribution < -0.4 is 0 Å². The molecule has 0 bridgehead atoms. The molecule has 2 saturated carbocycles. The van der Waals surface area contributed by atoms with Gasteiger partial charge >= 0.3 is 0 Å². The molecule has 0 radical (unpaired) electrons. The highest BCUT2D eigenvalue weighted by atomic mass is 16.1. The highest BCUT2D eigenvalue weighted by molar-refractivity contribution is 5.84. The maximum Gasteiger partial charge on any atom is 0.136 e. The van der Waals surface area contributed by atoms with Crippen LogP contribution in [0.2, 0.25) is 0 Å². The smallest absolute Gasteiger partial charge is 0.136 e. The van der Waals surface area contributed by atoms with Crippen LogP contribution in [0.5, 0.6) is 0 Å². The van der Waals surface area contributed by atoms with Gasteiger partial charge in [-0.2, -0.15) is 0 Å². The van der Waals surface area contributed by atoms with Gasteiger partial charge in [0.15, 0.2) is 0 Å². The minimum atomic E-state index is 0.517. The molecule has 0 N–H and O–H groups in total. The minimum absolute atomic E-state index is 0.517. The Hall–Kier alpha value is -0.330. The Kier molecular flexibility index (Phi) is 5.06. The zero-order valence-corrected chi connectivity index (χ0v) is 11.4. The lowest BCUT2D eigenvalue weighted by Crippen LogP contribution is -2.05. The van der Waals surface area contributed by atoms with E-state index in [9.17, 15) is 4.79 Å². The molecule has 98 valence electrons. The van der Waals surface area contributed by atoms with Crippen LogP contribution in [-0.2, 0) is 4.79 Å². The van der Waals surface area contributed by atoms with Gasteiger partial charge in [-0.3, -0.25) is 4.79 Å². The third kappa shape index (κ3) is 3.56. The molecule has 0 saturated heterocycles. The average molecular weight is 236 g/mol. The zero-order valence-electron chi connectivity index (χ0n) is 11.4. The first kappa shape index (κ1) is 13.1. The summed E-state index contributed by atoms with van der Waals surface area (Å²) >= 11 is 0. The number of hydrogen-bond acceptors (Lipinski definition) is 1. The van der Waals surface area contributed by atoms with Crippen LogP contribution in [0.15, 0.2) is 0 Å². The van der Waals surface area contributed by atoms with E-state index in [1.165, 1.54) is 57.8 Å². The Labute approximate surface area is 106 Å². The molecular formula is C16H28O. The highest BCUT2D eigenvalue weighted by Gasteiger charge is 2.55. The highest BCUT2D eigenvalue weighted by Crippen LogP contribution is 2.58. The molecule has 0 aromatic heterocycles. The summed E-state index contributed by atoms with van der Waals surface area (Å²) in [6.45, 7) is 2.26. The third-order valence-electron chi connectivity index (χ3n) is 4.81. The first-order valence-electron chi connectivity index (χ1n) is 7.87. The summed E-state index contributed by atoms with van der Waals surface area (Å²) in [6, 6.07) is 0. The second kappa shape index (κ2) is 6.56. The fourth-order valence-electron chi connectivity index (χ4n) is 3.72. The Bertz CT molecular complexity index is 236. The second-order valence-electron chi connectivity index (χ2n) is 6.12. The summed E-state index contributed by atoms with van der Waals surface area (Å²) in [5.41, 5.74) is 0. The molecule has 2 aliphatic carbocycles. The largest absolute Gasteiger partial charge is 0.299 e. The number of rotatable bonds is 9. The third-order valence-corrected chi connectivity index (χ3v) is 4.81. The van der Waals surface area contributed by atoms with Crippen LogP contribution in [0, 0.1) is 17.8 Å². The quantitative estimate of drug-likeness (QED) is 0.528. The molecule has 2 atom stereocenters. The van der Waals surface area contributed by atoms with Crippen molar-refractivity contribution in [3.8, 4) is 0 Å². The van der Waals surface area contributed by atoms with Gasteiger partial charge in [-0.1, -0.05) is 51.9 Å². The van der Waals surface area contributed by atoms with Gasteiger partial charge in [-0.15, -0.1) is 0 Å².